The molecule has 1 aromatic rings. The van der Waals surface area contributed by atoms with Crippen LogP contribution in [0.15, 0.2) is 36.9 Å². The maximum absolute atomic E-state index is 10.9. The lowest BCUT2D eigenvalue weighted by atomic mass is 9.68. The highest BCUT2D eigenvalue weighted by atomic mass is 16.1. The molecule has 0 N–H and O–H groups in total. The summed E-state index contributed by atoms with van der Waals surface area (Å²) < 4.78 is 0. The van der Waals surface area contributed by atoms with E-state index in [0.29, 0.717) is 5.92 Å². The van der Waals surface area contributed by atoms with Crippen LogP contribution in [0.5, 0.6) is 0 Å². The molecule has 0 saturated heterocycles. The van der Waals surface area contributed by atoms with E-state index in [4.69, 9.17) is 0 Å². The van der Waals surface area contributed by atoms with Crippen molar-refractivity contribution in [2.45, 2.75) is 70.1 Å². The van der Waals surface area contributed by atoms with Crippen molar-refractivity contribution < 1.29 is 4.79 Å². The molecule has 0 aromatic heterocycles. The first-order chi connectivity index (χ1) is 11.8. The standard InChI is InChI=1S/C23H32O/c1-2-3-4-18-5-9-20(10-6-18)22-13-15-23(16-14-22)21-11-7-19(17-24)8-12-21/h2,5-6,9-10,17,19,21-23H,1,3-4,7-8,11-16H2. The third-order valence-corrected chi connectivity index (χ3v) is 6.54. The van der Waals surface area contributed by atoms with Crippen molar-refractivity contribution in [2.24, 2.45) is 17.8 Å². The highest BCUT2D eigenvalue weighted by molar-refractivity contribution is 5.53. The molecule has 0 aliphatic heterocycles. The Kier molecular flexibility index (Phi) is 6.29. The zero-order valence-corrected chi connectivity index (χ0v) is 15.0. The van der Waals surface area contributed by atoms with Crippen LogP contribution >= 0.6 is 0 Å². The van der Waals surface area contributed by atoms with Crippen molar-refractivity contribution >= 4 is 6.29 Å². The van der Waals surface area contributed by atoms with Crippen LogP contribution in [-0.2, 0) is 11.2 Å². The fourth-order valence-electron chi connectivity index (χ4n) is 4.90. The lowest BCUT2D eigenvalue weighted by Gasteiger charge is -2.37. The molecular formula is C23H32O. The van der Waals surface area contributed by atoms with Crippen molar-refractivity contribution in [1.29, 1.82) is 0 Å². The average Bonchev–Trinajstić information content (AvgIpc) is 2.67. The number of carbonyl (C=O) groups excluding carboxylic acids is 1. The summed E-state index contributed by atoms with van der Waals surface area (Å²) in [7, 11) is 0. The SMILES string of the molecule is C=CCCc1ccc(C2CCC(C3CCC(C=O)CC3)CC2)cc1. The Balaban J connectivity index is 1.48. The molecule has 0 radical (unpaired) electrons. The average molecular weight is 325 g/mol. The van der Waals surface area contributed by atoms with E-state index in [-0.39, 0.29) is 0 Å². The predicted molar refractivity (Wildman–Crippen MR) is 101 cm³/mol. The Morgan fingerprint density at radius 2 is 1.46 bits per heavy atom. The number of carbonyl (C=O) groups is 1. The molecular weight excluding hydrogens is 292 g/mol. The molecule has 0 amide bonds. The molecule has 2 fully saturated rings. The summed E-state index contributed by atoms with van der Waals surface area (Å²) in [5.41, 5.74) is 2.97. The van der Waals surface area contributed by atoms with Crippen LogP contribution in [0.4, 0.5) is 0 Å². The first kappa shape index (κ1) is 17.5. The summed E-state index contributed by atoms with van der Waals surface area (Å²) in [6.07, 6.45) is 15.7. The van der Waals surface area contributed by atoms with Gasteiger partial charge in [-0.05, 0) is 93.1 Å². The van der Waals surface area contributed by atoms with Crippen molar-refractivity contribution in [2.75, 3.05) is 0 Å². The third-order valence-electron chi connectivity index (χ3n) is 6.54. The Bertz CT molecular complexity index is 513. The lowest BCUT2D eigenvalue weighted by molar-refractivity contribution is -0.112. The molecule has 2 aliphatic rings. The summed E-state index contributed by atoms with van der Waals surface area (Å²) >= 11 is 0. The van der Waals surface area contributed by atoms with Gasteiger partial charge in [0.25, 0.3) is 0 Å². The maximum Gasteiger partial charge on any atom is 0.123 e. The van der Waals surface area contributed by atoms with Gasteiger partial charge in [0.15, 0.2) is 0 Å². The quantitative estimate of drug-likeness (QED) is 0.457. The topological polar surface area (TPSA) is 17.1 Å². The minimum atomic E-state index is 0.359. The van der Waals surface area contributed by atoms with Gasteiger partial charge in [0, 0.05) is 5.92 Å². The van der Waals surface area contributed by atoms with E-state index < -0.39 is 0 Å². The van der Waals surface area contributed by atoms with Crippen molar-refractivity contribution in [3.05, 3.63) is 48.0 Å². The van der Waals surface area contributed by atoms with Crippen LogP contribution in [0.1, 0.15) is 74.8 Å². The van der Waals surface area contributed by atoms with Gasteiger partial charge in [-0.1, -0.05) is 30.3 Å². The normalized spacial score (nSPS) is 30.7. The van der Waals surface area contributed by atoms with Crippen molar-refractivity contribution in [3.8, 4) is 0 Å². The highest BCUT2D eigenvalue weighted by Gasteiger charge is 2.31. The first-order valence-electron chi connectivity index (χ1n) is 9.95. The molecule has 0 unspecified atom stereocenters. The highest BCUT2D eigenvalue weighted by Crippen LogP contribution is 2.43. The minimum Gasteiger partial charge on any atom is -0.303 e. The molecule has 130 valence electrons. The zero-order valence-electron chi connectivity index (χ0n) is 15.0. The van der Waals surface area contributed by atoms with E-state index in [1.165, 1.54) is 50.4 Å². The second kappa shape index (κ2) is 8.65. The molecule has 1 aromatic carbocycles. The molecule has 0 atom stereocenters. The van der Waals surface area contributed by atoms with E-state index in [0.717, 1.165) is 43.4 Å². The summed E-state index contributed by atoms with van der Waals surface area (Å²) in [5.74, 6) is 2.93. The van der Waals surface area contributed by atoms with Gasteiger partial charge in [0.05, 0.1) is 0 Å². The number of hydrogen-bond acceptors (Lipinski definition) is 1. The van der Waals surface area contributed by atoms with Crippen molar-refractivity contribution in [3.63, 3.8) is 0 Å². The molecule has 3 rings (SSSR count). The lowest BCUT2D eigenvalue weighted by Crippen LogP contribution is -2.25. The minimum absolute atomic E-state index is 0.359. The molecule has 2 saturated carbocycles. The van der Waals surface area contributed by atoms with Crippen LogP contribution in [0, 0.1) is 17.8 Å². The molecule has 0 spiro atoms. The Labute approximate surface area is 147 Å². The number of allylic oxidation sites excluding steroid dienone is 1. The Morgan fingerprint density at radius 3 is 2.00 bits per heavy atom. The van der Waals surface area contributed by atoms with Crippen LogP contribution < -0.4 is 0 Å². The molecule has 1 nitrogen and oxygen atoms in total. The molecule has 0 bridgehead atoms. The summed E-state index contributed by atoms with van der Waals surface area (Å²) in [6.45, 7) is 3.80. The molecule has 24 heavy (non-hydrogen) atoms. The largest absolute Gasteiger partial charge is 0.303 e. The van der Waals surface area contributed by atoms with E-state index in [1.54, 1.807) is 5.56 Å². The van der Waals surface area contributed by atoms with Gasteiger partial charge in [0.2, 0.25) is 0 Å². The maximum atomic E-state index is 10.9. The fourth-order valence-corrected chi connectivity index (χ4v) is 4.90. The molecule has 2 aliphatic carbocycles. The van der Waals surface area contributed by atoms with Gasteiger partial charge in [-0.25, -0.2) is 0 Å². The van der Waals surface area contributed by atoms with E-state index in [1.807, 2.05) is 6.08 Å². The smallest absolute Gasteiger partial charge is 0.123 e. The van der Waals surface area contributed by atoms with Gasteiger partial charge in [-0.3, -0.25) is 0 Å². The van der Waals surface area contributed by atoms with Gasteiger partial charge in [-0.15, -0.1) is 6.58 Å². The monoisotopic (exact) mass is 324 g/mol. The van der Waals surface area contributed by atoms with Gasteiger partial charge in [-0.2, -0.15) is 0 Å². The first-order valence-corrected chi connectivity index (χ1v) is 9.95. The van der Waals surface area contributed by atoms with Crippen LogP contribution in [0.25, 0.3) is 0 Å². The molecule has 1 heteroatoms. The molecule has 0 heterocycles. The fraction of sp³-hybridized carbons (Fsp3) is 0.609. The van der Waals surface area contributed by atoms with Crippen LogP contribution in [-0.4, -0.2) is 6.29 Å². The van der Waals surface area contributed by atoms with E-state index in [9.17, 15) is 4.79 Å². The number of rotatable bonds is 6. The van der Waals surface area contributed by atoms with Crippen LogP contribution in [0.3, 0.4) is 0 Å². The van der Waals surface area contributed by atoms with E-state index in [2.05, 4.69) is 30.8 Å². The predicted octanol–water partition coefficient (Wildman–Crippen LogP) is 6.08. The summed E-state index contributed by atoms with van der Waals surface area (Å²) in [6, 6.07) is 9.34. The number of aryl methyl sites for hydroxylation is 1. The number of benzene rings is 1. The second-order valence-corrected chi connectivity index (χ2v) is 7.99. The van der Waals surface area contributed by atoms with Gasteiger partial charge < -0.3 is 4.79 Å². The number of hydrogen-bond donors (Lipinski definition) is 0. The summed E-state index contributed by atoms with van der Waals surface area (Å²) in [5, 5.41) is 0. The van der Waals surface area contributed by atoms with Crippen LogP contribution in [0.2, 0.25) is 0 Å². The number of aldehydes is 1. The Hall–Kier alpha value is -1.37. The van der Waals surface area contributed by atoms with Gasteiger partial charge in [0.1, 0.15) is 6.29 Å². The summed E-state index contributed by atoms with van der Waals surface area (Å²) in [4.78, 5) is 10.9. The van der Waals surface area contributed by atoms with E-state index >= 15 is 0 Å². The zero-order chi connectivity index (χ0) is 16.8. The third kappa shape index (κ3) is 4.37. The van der Waals surface area contributed by atoms with Crippen molar-refractivity contribution in [1.82, 2.24) is 0 Å². The van der Waals surface area contributed by atoms with Gasteiger partial charge >= 0.3 is 0 Å². The Morgan fingerprint density at radius 1 is 0.875 bits per heavy atom. The second-order valence-electron chi connectivity index (χ2n) is 7.99.